The first-order valence-electron chi connectivity index (χ1n) is 11.7. The van der Waals surface area contributed by atoms with Crippen molar-refractivity contribution in [1.29, 1.82) is 0 Å². The van der Waals surface area contributed by atoms with Gasteiger partial charge in [0.25, 0.3) is 0 Å². The molecule has 0 N–H and O–H groups in total. The minimum absolute atomic E-state index is 0.0306. The molecule has 0 amide bonds. The molecule has 5 heteroatoms. The molecular weight excluding hydrogens is 380 g/mol. The summed E-state index contributed by atoms with van der Waals surface area (Å²) in [6.07, 6.45) is 9.43. The van der Waals surface area contributed by atoms with Crippen LogP contribution in [0.1, 0.15) is 71.6 Å². The number of Topliss-reactive ketones (excluding diaryl/α,β-unsaturated/α-hetero) is 1. The van der Waals surface area contributed by atoms with E-state index in [1.165, 1.54) is 7.11 Å². The molecule has 1 aliphatic heterocycles. The monoisotopic (exact) mass is 412 g/mol. The topological polar surface area (TPSA) is 73.0 Å². The summed E-state index contributed by atoms with van der Waals surface area (Å²) in [5.74, 6) is 0.621. The van der Waals surface area contributed by atoms with E-state index in [0.29, 0.717) is 37.4 Å². The molecule has 5 fully saturated rings. The largest absolute Gasteiger partial charge is 0.469 e. The van der Waals surface area contributed by atoms with Crippen LogP contribution in [0.3, 0.4) is 0 Å². The number of ether oxygens (including phenoxy) is 2. The van der Waals surface area contributed by atoms with Gasteiger partial charge in [-0.2, -0.15) is 0 Å². The predicted octanol–water partition coefficient (Wildman–Crippen LogP) is 3.79. The van der Waals surface area contributed by atoms with Crippen LogP contribution in [-0.2, 0) is 23.9 Å². The number of rotatable bonds is 1. The molecule has 0 aromatic carbocycles. The summed E-state index contributed by atoms with van der Waals surface area (Å²) in [4.78, 5) is 37.6. The van der Waals surface area contributed by atoms with Gasteiger partial charge in [-0.1, -0.05) is 19.4 Å². The van der Waals surface area contributed by atoms with Gasteiger partial charge in [0.15, 0.2) is 5.78 Å². The number of carbonyl (C=O) groups excluding carboxylic acids is 3. The average Bonchev–Trinajstić information content (AvgIpc) is 3.20. The van der Waals surface area contributed by atoms with Crippen LogP contribution in [-0.4, -0.2) is 36.4 Å². The minimum Gasteiger partial charge on any atom is -0.469 e. The van der Waals surface area contributed by atoms with Crippen molar-refractivity contribution in [3.8, 4) is 0 Å². The van der Waals surface area contributed by atoms with E-state index in [9.17, 15) is 14.4 Å². The zero-order chi connectivity index (χ0) is 21.1. The van der Waals surface area contributed by atoms with E-state index in [2.05, 4.69) is 13.8 Å². The highest BCUT2D eigenvalue weighted by molar-refractivity contribution is 5.92. The maximum atomic E-state index is 13.1. The molecule has 0 aromatic heterocycles. The van der Waals surface area contributed by atoms with Gasteiger partial charge in [0.1, 0.15) is 11.4 Å². The van der Waals surface area contributed by atoms with Crippen LogP contribution >= 0.6 is 0 Å². The van der Waals surface area contributed by atoms with Crippen molar-refractivity contribution in [3.63, 3.8) is 0 Å². The molecule has 3 unspecified atom stereocenters. The normalized spacial score (nSPS) is 53.5. The van der Waals surface area contributed by atoms with Crippen molar-refractivity contribution in [2.75, 3.05) is 7.11 Å². The average molecular weight is 413 g/mol. The van der Waals surface area contributed by atoms with E-state index in [1.807, 2.05) is 6.08 Å². The van der Waals surface area contributed by atoms with Gasteiger partial charge in [0.05, 0.1) is 19.1 Å². The van der Waals surface area contributed by atoms with Crippen LogP contribution in [0.25, 0.3) is 0 Å². The summed E-state index contributed by atoms with van der Waals surface area (Å²) in [5, 5.41) is 0. The molecule has 6 aliphatic rings. The molecule has 4 saturated carbocycles. The summed E-state index contributed by atoms with van der Waals surface area (Å²) in [6.45, 7) is 4.67. The third-order valence-corrected chi connectivity index (χ3v) is 10.8. The summed E-state index contributed by atoms with van der Waals surface area (Å²) in [6, 6.07) is 0. The molecule has 0 bridgehead atoms. The Kier molecular flexibility index (Phi) is 3.62. The highest BCUT2D eigenvalue weighted by Gasteiger charge is 2.82. The van der Waals surface area contributed by atoms with Crippen molar-refractivity contribution in [2.24, 2.45) is 34.0 Å². The SMILES string of the molecule is COC(=O)C1CC2=CC(=O)CC[C@]2(C)[C@@]23O[C@@H]2C[C@@]2(C)C(CC[C@@]24CCC(=O)C4)C13. The second-order valence-corrected chi connectivity index (χ2v) is 11.5. The number of carbonyl (C=O) groups is 3. The molecular formula is C25H32O5. The first-order valence-corrected chi connectivity index (χ1v) is 11.7. The van der Waals surface area contributed by atoms with Gasteiger partial charge in [0, 0.05) is 30.6 Å². The molecule has 0 radical (unpaired) electrons. The first-order chi connectivity index (χ1) is 14.2. The van der Waals surface area contributed by atoms with E-state index < -0.39 is 0 Å². The van der Waals surface area contributed by atoms with Gasteiger partial charge < -0.3 is 9.47 Å². The van der Waals surface area contributed by atoms with Crippen molar-refractivity contribution in [3.05, 3.63) is 11.6 Å². The number of methoxy groups -OCH3 is 1. The Labute approximate surface area is 177 Å². The molecule has 8 atom stereocenters. The first kappa shape index (κ1) is 19.2. The van der Waals surface area contributed by atoms with E-state index in [0.717, 1.165) is 37.7 Å². The Balaban J connectivity index is 1.49. The zero-order valence-corrected chi connectivity index (χ0v) is 18.3. The van der Waals surface area contributed by atoms with E-state index >= 15 is 0 Å². The molecule has 162 valence electrons. The molecule has 5 aliphatic carbocycles. The number of epoxide rings is 1. The summed E-state index contributed by atoms with van der Waals surface area (Å²) in [7, 11) is 1.47. The Morgan fingerprint density at radius 3 is 2.67 bits per heavy atom. The van der Waals surface area contributed by atoms with Crippen molar-refractivity contribution < 1.29 is 23.9 Å². The molecule has 1 heterocycles. The van der Waals surface area contributed by atoms with Gasteiger partial charge in [-0.15, -0.1) is 0 Å². The van der Waals surface area contributed by atoms with Gasteiger partial charge in [-0.3, -0.25) is 14.4 Å². The van der Waals surface area contributed by atoms with E-state index in [4.69, 9.17) is 9.47 Å². The third-order valence-electron chi connectivity index (χ3n) is 10.8. The molecule has 30 heavy (non-hydrogen) atoms. The minimum atomic E-state index is -0.352. The third kappa shape index (κ3) is 1.97. The smallest absolute Gasteiger partial charge is 0.309 e. The van der Waals surface area contributed by atoms with Crippen LogP contribution < -0.4 is 0 Å². The Morgan fingerprint density at radius 2 is 1.97 bits per heavy atom. The lowest BCUT2D eigenvalue weighted by atomic mass is 9.42. The number of hydrogen-bond donors (Lipinski definition) is 0. The Bertz CT molecular complexity index is 905. The summed E-state index contributed by atoms with van der Waals surface area (Å²) >= 11 is 0. The van der Waals surface area contributed by atoms with Gasteiger partial charge >= 0.3 is 5.97 Å². The molecule has 2 spiro atoms. The van der Waals surface area contributed by atoms with Crippen molar-refractivity contribution in [1.82, 2.24) is 0 Å². The Morgan fingerprint density at radius 1 is 1.17 bits per heavy atom. The lowest BCUT2D eigenvalue weighted by molar-refractivity contribution is -0.158. The molecule has 6 rings (SSSR count). The summed E-state index contributed by atoms with van der Waals surface area (Å²) < 4.78 is 12.0. The molecule has 5 nitrogen and oxygen atoms in total. The van der Waals surface area contributed by atoms with E-state index in [1.54, 1.807) is 0 Å². The maximum absolute atomic E-state index is 13.1. The van der Waals surface area contributed by atoms with E-state index in [-0.39, 0.29) is 51.5 Å². The van der Waals surface area contributed by atoms with Crippen LogP contribution in [0.2, 0.25) is 0 Å². The number of esters is 1. The van der Waals surface area contributed by atoms with Crippen LogP contribution in [0.5, 0.6) is 0 Å². The van der Waals surface area contributed by atoms with Crippen molar-refractivity contribution in [2.45, 2.75) is 83.3 Å². The fourth-order valence-corrected chi connectivity index (χ4v) is 9.25. The quantitative estimate of drug-likeness (QED) is 0.484. The molecule has 0 aromatic rings. The maximum Gasteiger partial charge on any atom is 0.309 e. The lowest BCUT2D eigenvalue weighted by Crippen LogP contribution is -2.62. The lowest BCUT2D eigenvalue weighted by Gasteiger charge is -2.59. The van der Waals surface area contributed by atoms with Gasteiger partial charge in [-0.05, 0) is 61.3 Å². The standard InChI is InChI=1S/C25H32O5/c1-22-7-4-15(26)10-14(22)11-17(21(28)29-3)20-18-6-9-24(8-5-16(27)12-24)23(18,2)13-19-25(20,22)30-19/h10,17-20H,4-9,11-13H2,1-3H3/t17?,18?,19-,20?,22+,23+,24-,25-/m1/s1. The number of fused-ring (bicyclic) bond motifs is 4. The zero-order valence-electron chi connectivity index (χ0n) is 18.3. The Hall–Kier alpha value is -1.49. The number of ketones is 2. The van der Waals surface area contributed by atoms with Crippen LogP contribution in [0, 0.1) is 34.0 Å². The highest BCUT2D eigenvalue weighted by atomic mass is 16.6. The number of hydrogen-bond acceptors (Lipinski definition) is 5. The predicted molar refractivity (Wildman–Crippen MR) is 108 cm³/mol. The fraction of sp³-hybridized carbons (Fsp3) is 0.800. The fourth-order valence-electron chi connectivity index (χ4n) is 9.25. The highest BCUT2D eigenvalue weighted by Crippen LogP contribution is 2.80. The second kappa shape index (κ2) is 5.65. The summed E-state index contributed by atoms with van der Waals surface area (Å²) in [5.41, 5.74) is 0.675. The van der Waals surface area contributed by atoms with Gasteiger partial charge in [0.2, 0.25) is 0 Å². The van der Waals surface area contributed by atoms with Crippen LogP contribution in [0.4, 0.5) is 0 Å². The van der Waals surface area contributed by atoms with Crippen molar-refractivity contribution >= 4 is 17.5 Å². The van der Waals surface area contributed by atoms with Gasteiger partial charge in [-0.25, -0.2) is 0 Å². The molecule has 1 saturated heterocycles. The second-order valence-electron chi connectivity index (χ2n) is 11.5. The van der Waals surface area contributed by atoms with Crippen LogP contribution in [0.15, 0.2) is 11.6 Å².